The lowest BCUT2D eigenvalue weighted by Crippen LogP contribution is -2.15. The van der Waals surface area contributed by atoms with Crippen molar-refractivity contribution in [3.8, 4) is 11.1 Å². The van der Waals surface area contributed by atoms with Gasteiger partial charge in [-0.3, -0.25) is 5.41 Å². The molecular formula is C24H19N3. The summed E-state index contributed by atoms with van der Waals surface area (Å²) < 4.78 is 0. The first-order chi connectivity index (χ1) is 13.2. The molecule has 0 aromatic heterocycles. The molecule has 0 aliphatic heterocycles. The van der Waals surface area contributed by atoms with Crippen LogP contribution in [0.25, 0.3) is 21.9 Å². The Labute approximate surface area is 158 Å². The summed E-state index contributed by atoms with van der Waals surface area (Å²) in [6.07, 6.45) is 0. The molecule has 0 heterocycles. The Bertz CT molecular complexity index is 1130. The van der Waals surface area contributed by atoms with E-state index in [2.05, 4.69) is 29.3 Å². The smallest absolute Gasteiger partial charge is 0.154 e. The van der Waals surface area contributed by atoms with Gasteiger partial charge >= 0.3 is 0 Å². The highest BCUT2D eigenvalue weighted by molar-refractivity contribution is 6.16. The molecule has 0 aliphatic carbocycles. The highest BCUT2D eigenvalue weighted by atomic mass is 14.9. The molecular weight excluding hydrogens is 330 g/mol. The summed E-state index contributed by atoms with van der Waals surface area (Å²) in [7, 11) is 0. The Morgan fingerprint density at radius 3 is 1.96 bits per heavy atom. The van der Waals surface area contributed by atoms with Crippen LogP contribution < -0.4 is 5.73 Å². The normalized spacial score (nSPS) is 11.5. The molecule has 0 aliphatic rings. The summed E-state index contributed by atoms with van der Waals surface area (Å²) in [5.74, 6) is 0.504. The van der Waals surface area contributed by atoms with Gasteiger partial charge in [-0.25, -0.2) is 4.99 Å². The molecule has 0 saturated heterocycles. The summed E-state index contributed by atoms with van der Waals surface area (Å²) >= 11 is 0. The van der Waals surface area contributed by atoms with Gasteiger partial charge in [0.2, 0.25) is 0 Å². The van der Waals surface area contributed by atoms with Crippen molar-refractivity contribution in [1.82, 2.24) is 0 Å². The average molecular weight is 349 g/mol. The van der Waals surface area contributed by atoms with Crippen molar-refractivity contribution >= 4 is 22.4 Å². The fourth-order valence-corrected chi connectivity index (χ4v) is 3.23. The Morgan fingerprint density at radius 1 is 0.667 bits per heavy atom. The number of hydrogen-bond acceptors (Lipinski definition) is 1. The van der Waals surface area contributed by atoms with Crippen LogP contribution in [0.5, 0.6) is 0 Å². The van der Waals surface area contributed by atoms with Gasteiger partial charge in [0.15, 0.2) is 5.84 Å². The average Bonchev–Trinajstić information content (AvgIpc) is 2.74. The number of rotatable bonds is 3. The van der Waals surface area contributed by atoms with Crippen molar-refractivity contribution in [1.29, 1.82) is 5.41 Å². The van der Waals surface area contributed by atoms with Gasteiger partial charge in [-0.1, -0.05) is 91.0 Å². The second-order valence-electron chi connectivity index (χ2n) is 6.28. The number of amidine groups is 2. The highest BCUT2D eigenvalue weighted by Crippen LogP contribution is 2.31. The zero-order valence-corrected chi connectivity index (χ0v) is 14.8. The van der Waals surface area contributed by atoms with Crippen molar-refractivity contribution in [2.24, 2.45) is 10.7 Å². The maximum Gasteiger partial charge on any atom is 0.154 e. The molecule has 3 nitrogen and oxygen atoms in total. The number of benzene rings is 4. The second kappa shape index (κ2) is 7.26. The van der Waals surface area contributed by atoms with Crippen LogP contribution in [0.3, 0.4) is 0 Å². The summed E-state index contributed by atoms with van der Waals surface area (Å²) in [6.45, 7) is 0. The third-order valence-corrected chi connectivity index (χ3v) is 4.57. The SMILES string of the molecule is N=C(/N=C(\N)c1ccccc1)c1ccc(-c2ccccc2)c2ccccc12. The van der Waals surface area contributed by atoms with Crippen LogP contribution in [0, 0.1) is 5.41 Å². The van der Waals surface area contributed by atoms with Crippen LogP contribution in [0.1, 0.15) is 11.1 Å². The summed E-state index contributed by atoms with van der Waals surface area (Å²) in [5, 5.41) is 10.6. The first-order valence-electron chi connectivity index (χ1n) is 8.80. The molecule has 4 rings (SSSR count). The first-order valence-corrected chi connectivity index (χ1v) is 8.80. The third-order valence-electron chi connectivity index (χ3n) is 4.57. The van der Waals surface area contributed by atoms with Gasteiger partial charge in [0.05, 0.1) is 0 Å². The molecule has 3 N–H and O–H groups in total. The fourth-order valence-electron chi connectivity index (χ4n) is 3.23. The summed E-state index contributed by atoms with van der Waals surface area (Å²) in [6, 6.07) is 31.9. The lowest BCUT2D eigenvalue weighted by atomic mass is 9.94. The van der Waals surface area contributed by atoms with Crippen LogP contribution >= 0.6 is 0 Å². The fraction of sp³-hybridized carbons (Fsp3) is 0. The zero-order chi connectivity index (χ0) is 18.6. The largest absolute Gasteiger partial charge is 0.383 e. The van der Waals surface area contributed by atoms with Crippen LogP contribution in [0.4, 0.5) is 0 Å². The number of fused-ring (bicyclic) bond motifs is 1. The standard InChI is InChI=1S/C24H19N3/c25-23(18-11-5-2-6-12-18)27-24(26)22-16-15-19(17-9-3-1-4-10-17)20-13-7-8-14-21(20)22/h1-16H,(H3,25,26,27). The van der Waals surface area contributed by atoms with E-state index in [1.165, 1.54) is 0 Å². The number of nitrogens with zero attached hydrogens (tertiary/aromatic N) is 1. The van der Waals surface area contributed by atoms with Gasteiger partial charge in [-0.2, -0.15) is 0 Å². The molecule has 0 atom stereocenters. The van der Waals surface area contributed by atoms with Gasteiger partial charge in [0, 0.05) is 11.1 Å². The van der Waals surface area contributed by atoms with Crippen LogP contribution in [-0.2, 0) is 0 Å². The Hall–Kier alpha value is -3.72. The summed E-state index contributed by atoms with van der Waals surface area (Å²) in [5.41, 5.74) is 9.98. The lowest BCUT2D eigenvalue weighted by molar-refractivity contribution is 1.41. The second-order valence-corrected chi connectivity index (χ2v) is 6.28. The van der Waals surface area contributed by atoms with Gasteiger partial charge in [-0.05, 0) is 28.0 Å². The minimum atomic E-state index is 0.159. The minimum Gasteiger partial charge on any atom is -0.383 e. The maximum absolute atomic E-state index is 8.50. The van der Waals surface area contributed by atoms with Crippen molar-refractivity contribution < 1.29 is 0 Å². The molecule has 130 valence electrons. The zero-order valence-electron chi connectivity index (χ0n) is 14.8. The van der Waals surface area contributed by atoms with Crippen molar-refractivity contribution in [3.63, 3.8) is 0 Å². The van der Waals surface area contributed by atoms with E-state index in [9.17, 15) is 0 Å². The highest BCUT2D eigenvalue weighted by Gasteiger charge is 2.11. The number of nitrogens with one attached hydrogen (secondary N) is 1. The van der Waals surface area contributed by atoms with E-state index in [-0.39, 0.29) is 5.84 Å². The van der Waals surface area contributed by atoms with E-state index in [0.717, 1.165) is 33.0 Å². The number of nitrogens with two attached hydrogens (primary N) is 1. The molecule has 4 aromatic carbocycles. The van der Waals surface area contributed by atoms with Gasteiger partial charge in [0.25, 0.3) is 0 Å². The van der Waals surface area contributed by atoms with Crippen molar-refractivity contribution in [3.05, 3.63) is 108 Å². The molecule has 3 heteroatoms. The van der Waals surface area contributed by atoms with E-state index in [4.69, 9.17) is 11.1 Å². The van der Waals surface area contributed by atoms with Crippen LogP contribution in [-0.4, -0.2) is 11.7 Å². The molecule has 0 spiro atoms. The molecule has 0 amide bonds. The number of hydrogen-bond donors (Lipinski definition) is 2. The van der Waals surface area contributed by atoms with Crippen LogP contribution in [0.2, 0.25) is 0 Å². The Balaban J connectivity index is 1.81. The lowest BCUT2D eigenvalue weighted by Gasteiger charge is -2.11. The van der Waals surface area contributed by atoms with Gasteiger partial charge in [0.1, 0.15) is 5.84 Å². The molecule has 0 bridgehead atoms. The maximum atomic E-state index is 8.50. The van der Waals surface area contributed by atoms with Gasteiger partial charge < -0.3 is 5.73 Å². The monoisotopic (exact) mass is 349 g/mol. The Morgan fingerprint density at radius 2 is 1.26 bits per heavy atom. The minimum absolute atomic E-state index is 0.159. The summed E-state index contributed by atoms with van der Waals surface area (Å²) in [4.78, 5) is 4.35. The number of aliphatic imine (C=N–C) groups is 1. The van der Waals surface area contributed by atoms with E-state index in [0.29, 0.717) is 5.84 Å². The predicted molar refractivity (Wildman–Crippen MR) is 113 cm³/mol. The Kier molecular flexibility index (Phi) is 4.50. The molecule has 4 aromatic rings. The third kappa shape index (κ3) is 3.35. The topological polar surface area (TPSA) is 62.2 Å². The van der Waals surface area contributed by atoms with Crippen molar-refractivity contribution in [2.75, 3.05) is 0 Å². The predicted octanol–water partition coefficient (Wildman–Crippen LogP) is 5.24. The van der Waals surface area contributed by atoms with Crippen LogP contribution in [0.15, 0.2) is 102 Å². The molecule has 0 radical (unpaired) electrons. The van der Waals surface area contributed by atoms with E-state index in [1.807, 2.05) is 72.8 Å². The van der Waals surface area contributed by atoms with E-state index in [1.54, 1.807) is 0 Å². The molecule has 27 heavy (non-hydrogen) atoms. The molecule has 0 unspecified atom stereocenters. The van der Waals surface area contributed by atoms with Gasteiger partial charge in [-0.15, -0.1) is 0 Å². The molecule has 0 fully saturated rings. The quantitative estimate of drug-likeness (QED) is 0.386. The van der Waals surface area contributed by atoms with E-state index >= 15 is 0 Å². The first kappa shape index (κ1) is 16.7. The van der Waals surface area contributed by atoms with Crippen molar-refractivity contribution in [2.45, 2.75) is 0 Å². The van der Waals surface area contributed by atoms with E-state index < -0.39 is 0 Å². The molecule has 0 saturated carbocycles.